The smallest absolute Gasteiger partial charge is 0.338 e. The van der Waals surface area contributed by atoms with Crippen molar-refractivity contribution in [3.63, 3.8) is 0 Å². The third-order valence-corrected chi connectivity index (χ3v) is 5.64. The molecule has 9 heteroatoms. The Morgan fingerprint density at radius 2 is 1.94 bits per heavy atom. The summed E-state index contributed by atoms with van der Waals surface area (Å²) in [4.78, 5) is 25.3. The Morgan fingerprint density at radius 3 is 2.65 bits per heavy atom. The van der Waals surface area contributed by atoms with Crippen LogP contribution in [0.4, 0.5) is 5.69 Å². The lowest BCUT2D eigenvalue weighted by atomic mass is 9.82. The summed E-state index contributed by atoms with van der Waals surface area (Å²) in [5.74, 6) is -1.49. The topological polar surface area (TPSA) is 124 Å². The van der Waals surface area contributed by atoms with Crippen molar-refractivity contribution in [3.8, 4) is 11.8 Å². The van der Waals surface area contributed by atoms with Gasteiger partial charge < -0.3 is 25.3 Å². The highest BCUT2D eigenvalue weighted by molar-refractivity contribution is 6.31. The molecule has 0 saturated carbocycles. The zero-order valence-electron chi connectivity index (χ0n) is 19.0. The third kappa shape index (κ3) is 5.16. The molecule has 0 bridgehead atoms. The first-order valence-corrected chi connectivity index (χ1v) is 10.9. The summed E-state index contributed by atoms with van der Waals surface area (Å²) in [6.07, 6.45) is 0. The third-order valence-electron chi connectivity index (χ3n) is 5.23. The van der Waals surface area contributed by atoms with Crippen LogP contribution < -0.4 is 15.8 Å². The molecule has 3 N–H and O–H groups in total. The van der Waals surface area contributed by atoms with E-state index in [-0.39, 0.29) is 36.0 Å². The minimum atomic E-state index is -0.882. The number of hydrogen-bond acceptors (Lipinski definition) is 7. The Balaban J connectivity index is 1.91. The van der Waals surface area contributed by atoms with Crippen molar-refractivity contribution in [2.75, 3.05) is 18.5 Å². The second kappa shape index (κ2) is 10.8. The number of amides is 1. The van der Waals surface area contributed by atoms with E-state index in [4.69, 9.17) is 31.5 Å². The summed E-state index contributed by atoms with van der Waals surface area (Å²) in [6, 6.07) is 14.0. The first-order valence-electron chi connectivity index (χ1n) is 10.5. The van der Waals surface area contributed by atoms with Gasteiger partial charge in [-0.2, -0.15) is 5.26 Å². The van der Waals surface area contributed by atoms with Gasteiger partial charge in [0, 0.05) is 16.3 Å². The van der Waals surface area contributed by atoms with Gasteiger partial charge in [-0.05, 0) is 44.5 Å². The van der Waals surface area contributed by atoms with Crippen LogP contribution in [0.2, 0.25) is 5.02 Å². The number of rotatable bonds is 7. The van der Waals surface area contributed by atoms with Crippen molar-refractivity contribution in [3.05, 3.63) is 81.4 Å². The van der Waals surface area contributed by atoms with E-state index in [2.05, 4.69) is 5.32 Å². The van der Waals surface area contributed by atoms with E-state index < -0.39 is 17.8 Å². The van der Waals surface area contributed by atoms with Crippen LogP contribution in [0.25, 0.3) is 0 Å². The monoisotopic (exact) mass is 481 g/mol. The molecule has 0 radical (unpaired) electrons. The van der Waals surface area contributed by atoms with Crippen LogP contribution in [0.15, 0.2) is 65.3 Å². The number of nitrogens with two attached hydrogens (primary N) is 1. The van der Waals surface area contributed by atoms with Gasteiger partial charge in [0.15, 0.2) is 6.61 Å². The molecule has 1 amide bonds. The molecule has 1 atom stereocenters. The van der Waals surface area contributed by atoms with Crippen LogP contribution in [0, 0.1) is 18.3 Å². The molecule has 3 rings (SSSR count). The molecule has 1 heterocycles. The lowest BCUT2D eigenvalue weighted by Crippen LogP contribution is -2.26. The number of halogens is 1. The molecular formula is C25H24ClN3O5. The summed E-state index contributed by atoms with van der Waals surface area (Å²) in [5.41, 5.74) is 7.93. The number of nitrogens with one attached hydrogen (secondary N) is 1. The fraction of sp³-hybridized carbons (Fsp3) is 0.240. The Labute approximate surface area is 202 Å². The predicted octanol–water partition coefficient (Wildman–Crippen LogP) is 4.31. The van der Waals surface area contributed by atoms with Crippen LogP contribution in [-0.2, 0) is 19.1 Å². The van der Waals surface area contributed by atoms with Gasteiger partial charge in [0.05, 0.1) is 18.1 Å². The van der Waals surface area contributed by atoms with Crippen molar-refractivity contribution < 1.29 is 23.8 Å². The van der Waals surface area contributed by atoms with Gasteiger partial charge in [-0.1, -0.05) is 35.9 Å². The highest BCUT2D eigenvalue weighted by Gasteiger charge is 2.37. The summed E-state index contributed by atoms with van der Waals surface area (Å²) in [5, 5.41) is 13.1. The molecule has 1 aliphatic rings. The number of benzene rings is 2. The second-order valence-corrected chi connectivity index (χ2v) is 7.81. The van der Waals surface area contributed by atoms with Gasteiger partial charge in [-0.25, -0.2) is 4.79 Å². The second-order valence-electron chi connectivity index (χ2n) is 7.40. The first-order chi connectivity index (χ1) is 16.3. The van der Waals surface area contributed by atoms with Gasteiger partial charge in [-0.3, -0.25) is 4.79 Å². The average Bonchev–Trinajstić information content (AvgIpc) is 2.80. The molecule has 0 aliphatic carbocycles. The number of nitriles is 1. The van der Waals surface area contributed by atoms with E-state index in [1.165, 1.54) is 0 Å². The Hall–Kier alpha value is -3.96. The normalized spacial score (nSPS) is 15.3. The number of nitrogens with zero attached hydrogens (tertiary/aromatic N) is 1. The fourth-order valence-corrected chi connectivity index (χ4v) is 3.76. The molecular weight excluding hydrogens is 458 g/mol. The molecule has 1 aliphatic heterocycles. The molecule has 8 nitrogen and oxygen atoms in total. The van der Waals surface area contributed by atoms with Crippen molar-refractivity contribution in [2.24, 2.45) is 5.73 Å². The number of hydrogen-bond donors (Lipinski definition) is 2. The van der Waals surface area contributed by atoms with E-state index in [9.17, 15) is 14.9 Å². The highest BCUT2D eigenvalue weighted by atomic mass is 35.5. The average molecular weight is 482 g/mol. The molecule has 2 aromatic rings. The minimum Gasteiger partial charge on any atom is -0.483 e. The molecule has 2 aromatic carbocycles. The van der Waals surface area contributed by atoms with E-state index in [1.807, 2.05) is 6.07 Å². The maximum atomic E-state index is 12.8. The largest absolute Gasteiger partial charge is 0.483 e. The number of ether oxygens (including phenoxy) is 3. The maximum Gasteiger partial charge on any atom is 0.338 e. The summed E-state index contributed by atoms with van der Waals surface area (Å²) in [7, 11) is 0. The molecule has 34 heavy (non-hydrogen) atoms. The number of para-hydroxylation sites is 1. The minimum absolute atomic E-state index is 0.0451. The van der Waals surface area contributed by atoms with Gasteiger partial charge in [0.1, 0.15) is 23.2 Å². The predicted molar refractivity (Wildman–Crippen MR) is 127 cm³/mol. The van der Waals surface area contributed by atoms with Crippen molar-refractivity contribution in [2.45, 2.75) is 26.7 Å². The quantitative estimate of drug-likeness (QED) is 0.564. The maximum absolute atomic E-state index is 12.8. The summed E-state index contributed by atoms with van der Waals surface area (Å²) < 4.78 is 16.4. The first kappa shape index (κ1) is 24.7. The van der Waals surface area contributed by atoms with Crippen LogP contribution in [-0.4, -0.2) is 25.1 Å². The lowest BCUT2D eigenvalue weighted by Gasteiger charge is -2.28. The van der Waals surface area contributed by atoms with Crippen molar-refractivity contribution in [1.29, 1.82) is 5.26 Å². The molecule has 0 aromatic heterocycles. The van der Waals surface area contributed by atoms with Gasteiger partial charge in [0.25, 0.3) is 5.91 Å². The zero-order valence-corrected chi connectivity index (χ0v) is 19.7. The summed E-state index contributed by atoms with van der Waals surface area (Å²) >= 11 is 6.11. The fourth-order valence-electron chi connectivity index (χ4n) is 3.59. The molecule has 176 valence electrons. The number of carbonyl (C=O) groups excluding carboxylic acids is 2. The highest BCUT2D eigenvalue weighted by Crippen LogP contribution is 2.42. The van der Waals surface area contributed by atoms with E-state index in [1.54, 1.807) is 63.2 Å². The van der Waals surface area contributed by atoms with Crippen LogP contribution in [0.3, 0.4) is 0 Å². The van der Waals surface area contributed by atoms with Crippen LogP contribution in [0.5, 0.6) is 5.75 Å². The Bertz CT molecular complexity index is 1230. The summed E-state index contributed by atoms with van der Waals surface area (Å²) in [6.45, 7) is 4.88. The van der Waals surface area contributed by atoms with E-state index >= 15 is 0 Å². The van der Waals surface area contributed by atoms with Gasteiger partial charge >= 0.3 is 5.97 Å². The van der Waals surface area contributed by atoms with Gasteiger partial charge in [-0.15, -0.1) is 0 Å². The molecule has 0 spiro atoms. The molecule has 0 saturated heterocycles. The van der Waals surface area contributed by atoms with Crippen LogP contribution >= 0.6 is 11.6 Å². The number of carbonyl (C=O) groups is 2. The van der Waals surface area contributed by atoms with E-state index in [0.717, 1.165) is 5.56 Å². The number of esters is 1. The van der Waals surface area contributed by atoms with Gasteiger partial charge in [0.2, 0.25) is 5.88 Å². The van der Waals surface area contributed by atoms with Crippen molar-refractivity contribution >= 4 is 29.2 Å². The SMILES string of the molecule is CCOC(=O)C1=C(C)OC(N)=C(C#N)C1c1ccccc1OCC(=O)Nc1cccc(Cl)c1C. The molecule has 0 fully saturated rings. The Kier molecular flexibility index (Phi) is 7.82. The zero-order chi connectivity index (χ0) is 24.8. The Morgan fingerprint density at radius 1 is 1.21 bits per heavy atom. The van der Waals surface area contributed by atoms with Crippen molar-refractivity contribution in [1.82, 2.24) is 0 Å². The number of anilines is 1. The lowest BCUT2D eigenvalue weighted by molar-refractivity contribution is -0.139. The number of allylic oxidation sites excluding steroid dienone is 2. The standard InChI is InChI=1S/C25H24ClN3O5/c1-4-32-25(31)22-15(3)34-24(28)17(12-27)23(22)16-8-5-6-11-20(16)33-13-21(30)29-19-10-7-9-18(26)14(19)2/h5-11,23H,4,13,28H2,1-3H3,(H,29,30). The van der Waals surface area contributed by atoms with Crippen LogP contribution in [0.1, 0.15) is 30.9 Å². The van der Waals surface area contributed by atoms with E-state index in [0.29, 0.717) is 22.0 Å². The molecule has 1 unspecified atom stereocenters.